The van der Waals surface area contributed by atoms with Crippen LogP contribution in [0.1, 0.15) is 42.7 Å². The SMILES string of the molecule is Cc1cc(Cl)cc(-c2ccnc3cc(CN4C(=O)CCC4=O)sc23)c1CN1CCNC(C)(C)C1. The summed E-state index contributed by atoms with van der Waals surface area (Å²) < 4.78 is 1.06. The number of hydrogen-bond acceptors (Lipinski definition) is 6. The Hall–Kier alpha value is -2.32. The smallest absolute Gasteiger partial charge is 0.230 e. The number of pyridine rings is 1. The van der Waals surface area contributed by atoms with Gasteiger partial charge < -0.3 is 5.32 Å². The lowest BCUT2D eigenvalue weighted by Gasteiger charge is -2.39. The van der Waals surface area contributed by atoms with Crippen molar-refractivity contribution < 1.29 is 9.59 Å². The Balaban J connectivity index is 1.53. The number of likely N-dealkylation sites (tertiary alicyclic amines) is 1. The molecule has 0 unspecified atom stereocenters. The Morgan fingerprint density at radius 1 is 1.12 bits per heavy atom. The lowest BCUT2D eigenvalue weighted by Crippen LogP contribution is -2.56. The van der Waals surface area contributed by atoms with Crippen molar-refractivity contribution in [1.29, 1.82) is 0 Å². The maximum absolute atomic E-state index is 12.1. The molecule has 1 N–H and O–H groups in total. The van der Waals surface area contributed by atoms with E-state index in [0.717, 1.165) is 52.4 Å². The summed E-state index contributed by atoms with van der Waals surface area (Å²) in [4.78, 5) is 33.6. The number of amides is 2. The normalized spacial score (nSPS) is 18.9. The number of halogens is 1. The van der Waals surface area contributed by atoms with Crippen molar-refractivity contribution >= 4 is 45.0 Å². The number of benzene rings is 1. The molecule has 2 fully saturated rings. The minimum Gasteiger partial charge on any atom is -0.309 e. The molecule has 2 saturated heterocycles. The van der Waals surface area contributed by atoms with Crippen molar-refractivity contribution in [2.24, 2.45) is 0 Å². The van der Waals surface area contributed by atoms with Gasteiger partial charge in [0, 0.05) is 66.2 Å². The first-order valence-electron chi connectivity index (χ1n) is 11.7. The van der Waals surface area contributed by atoms with E-state index in [1.807, 2.05) is 24.4 Å². The molecule has 2 aliphatic rings. The molecule has 4 heterocycles. The van der Waals surface area contributed by atoms with Gasteiger partial charge in [-0.05, 0) is 61.7 Å². The van der Waals surface area contributed by atoms with Crippen molar-refractivity contribution in [3.05, 3.63) is 51.5 Å². The topological polar surface area (TPSA) is 65.5 Å². The highest BCUT2D eigenvalue weighted by atomic mass is 35.5. The molecular formula is C26H29ClN4O2S. The minimum absolute atomic E-state index is 0.0791. The molecule has 2 amide bonds. The monoisotopic (exact) mass is 496 g/mol. The Labute approximate surface area is 208 Å². The first-order chi connectivity index (χ1) is 16.2. The van der Waals surface area contributed by atoms with E-state index in [2.05, 4.69) is 42.0 Å². The fourth-order valence-corrected chi connectivity index (χ4v) is 6.46. The number of thiophene rings is 1. The largest absolute Gasteiger partial charge is 0.309 e. The van der Waals surface area contributed by atoms with Crippen molar-refractivity contribution in [2.45, 2.75) is 52.2 Å². The molecule has 1 aromatic carbocycles. The zero-order valence-electron chi connectivity index (χ0n) is 19.8. The van der Waals surface area contributed by atoms with E-state index < -0.39 is 0 Å². The van der Waals surface area contributed by atoms with Crippen LogP contribution in [0.4, 0.5) is 0 Å². The van der Waals surface area contributed by atoms with Crippen LogP contribution in [-0.2, 0) is 22.7 Å². The number of aryl methyl sites for hydroxylation is 1. The van der Waals surface area contributed by atoms with Gasteiger partial charge >= 0.3 is 0 Å². The van der Waals surface area contributed by atoms with Crippen molar-refractivity contribution in [3.63, 3.8) is 0 Å². The van der Waals surface area contributed by atoms with Crippen LogP contribution in [0, 0.1) is 6.92 Å². The van der Waals surface area contributed by atoms with Crippen LogP contribution in [0.25, 0.3) is 21.3 Å². The Morgan fingerprint density at radius 2 is 1.88 bits per heavy atom. The molecule has 34 heavy (non-hydrogen) atoms. The molecule has 0 bridgehead atoms. The summed E-state index contributed by atoms with van der Waals surface area (Å²) in [6.07, 6.45) is 2.44. The van der Waals surface area contributed by atoms with Crippen LogP contribution in [0.2, 0.25) is 5.02 Å². The van der Waals surface area contributed by atoms with E-state index in [9.17, 15) is 9.59 Å². The molecular weight excluding hydrogens is 468 g/mol. The van der Waals surface area contributed by atoms with Gasteiger partial charge in [-0.3, -0.25) is 24.4 Å². The second-order valence-corrected chi connectivity index (χ2v) is 11.5. The number of piperazine rings is 1. The number of carbonyl (C=O) groups excluding carboxylic acids is 2. The molecule has 0 spiro atoms. The lowest BCUT2D eigenvalue weighted by atomic mass is 9.94. The standard InChI is InChI=1S/C26H29ClN4O2S/c1-16-10-17(27)11-20(21(16)14-30-9-8-29-26(2,3)15-30)19-6-7-28-22-12-18(34-25(19)22)13-31-23(32)4-5-24(31)33/h6-7,10-12,29H,4-5,8-9,13-15H2,1-3H3. The summed E-state index contributed by atoms with van der Waals surface area (Å²) in [5.41, 5.74) is 5.62. The lowest BCUT2D eigenvalue weighted by molar-refractivity contribution is -0.138. The minimum atomic E-state index is -0.0951. The number of nitrogens with one attached hydrogen (secondary N) is 1. The zero-order chi connectivity index (χ0) is 24.0. The fourth-order valence-electron chi connectivity index (χ4n) is 5.06. The summed E-state index contributed by atoms with van der Waals surface area (Å²) in [5.74, 6) is -0.190. The highest BCUT2D eigenvalue weighted by Gasteiger charge is 2.30. The molecule has 8 heteroatoms. The van der Waals surface area contributed by atoms with E-state index in [1.165, 1.54) is 16.0 Å². The maximum Gasteiger partial charge on any atom is 0.230 e. The molecule has 3 aromatic rings. The van der Waals surface area contributed by atoms with Gasteiger partial charge in [-0.2, -0.15) is 0 Å². The third-order valence-corrected chi connectivity index (χ3v) is 8.05. The van der Waals surface area contributed by atoms with Crippen LogP contribution in [0.15, 0.2) is 30.5 Å². The van der Waals surface area contributed by atoms with Gasteiger partial charge in [0.25, 0.3) is 0 Å². The van der Waals surface area contributed by atoms with Crippen LogP contribution in [-0.4, -0.2) is 51.8 Å². The summed E-state index contributed by atoms with van der Waals surface area (Å²) >= 11 is 8.15. The van der Waals surface area contributed by atoms with Gasteiger partial charge in [-0.1, -0.05) is 11.6 Å². The number of aromatic nitrogens is 1. The predicted molar refractivity (Wildman–Crippen MR) is 137 cm³/mol. The molecule has 5 rings (SSSR count). The van der Waals surface area contributed by atoms with Crippen molar-refractivity contribution in [3.8, 4) is 11.1 Å². The Kier molecular flexibility index (Phi) is 6.23. The first-order valence-corrected chi connectivity index (χ1v) is 12.9. The molecule has 2 aromatic heterocycles. The van der Waals surface area contributed by atoms with Crippen molar-refractivity contribution in [2.75, 3.05) is 19.6 Å². The highest BCUT2D eigenvalue weighted by molar-refractivity contribution is 7.19. The van der Waals surface area contributed by atoms with Gasteiger partial charge in [0.1, 0.15) is 0 Å². The van der Waals surface area contributed by atoms with Crippen molar-refractivity contribution in [1.82, 2.24) is 20.1 Å². The number of rotatable bonds is 5. The molecule has 0 atom stereocenters. The molecule has 0 aliphatic carbocycles. The molecule has 178 valence electrons. The summed E-state index contributed by atoms with van der Waals surface area (Å²) in [7, 11) is 0. The number of nitrogens with zero attached hydrogens (tertiary/aromatic N) is 3. The first kappa shape index (κ1) is 23.4. The molecule has 2 aliphatic heterocycles. The van der Waals surface area contributed by atoms with E-state index in [4.69, 9.17) is 11.6 Å². The van der Waals surface area contributed by atoms with Crippen LogP contribution >= 0.6 is 22.9 Å². The average Bonchev–Trinajstić information content (AvgIpc) is 3.32. The quantitative estimate of drug-likeness (QED) is 0.516. The summed E-state index contributed by atoms with van der Waals surface area (Å²) in [6, 6.07) is 8.14. The Bertz CT molecular complexity index is 1270. The molecule has 6 nitrogen and oxygen atoms in total. The van der Waals surface area contributed by atoms with Gasteiger partial charge in [0.15, 0.2) is 0 Å². The second-order valence-electron chi connectivity index (χ2n) is 9.93. The van der Waals surface area contributed by atoms with Gasteiger partial charge in [-0.25, -0.2) is 0 Å². The fraction of sp³-hybridized carbons (Fsp3) is 0.423. The van der Waals surface area contributed by atoms with Crippen LogP contribution in [0.5, 0.6) is 0 Å². The summed E-state index contributed by atoms with van der Waals surface area (Å²) in [6.45, 7) is 10.7. The molecule has 0 radical (unpaired) electrons. The molecule has 0 saturated carbocycles. The number of imide groups is 1. The third-order valence-electron chi connectivity index (χ3n) is 6.69. The zero-order valence-corrected chi connectivity index (χ0v) is 21.4. The Morgan fingerprint density at radius 3 is 2.62 bits per heavy atom. The average molecular weight is 497 g/mol. The second kappa shape index (κ2) is 9.04. The predicted octanol–water partition coefficient (Wildman–Crippen LogP) is 4.76. The van der Waals surface area contributed by atoms with Gasteiger partial charge in [-0.15, -0.1) is 11.3 Å². The van der Waals surface area contributed by atoms with Gasteiger partial charge in [0.2, 0.25) is 11.8 Å². The number of carbonyl (C=O) groups is 2. The van der Waals surface area contributed by atoms with E-state index in [-0.39, 0.29) is 17.4 Å². The highest BCUT2D eigenvalue weighted by Crippen LogP contribution is 2.39. The number of hydrogen-bond donors (Lipinski definition) is 1. The van der Waals surface area contributed by atoms with Gasteiger partial charge in [0.05, 0.1) is 16.8 Å². The number of fused-ring (bicyclic) bond motifs is 1. The van der Waals surface area contributed by atoms with Crippen LogP contribution < -0.4 is 5.32 Å². The maximum atomic E-state index is 12.1. The van der Waals surface area contributed by atoms with E-state index >= 15 is 0 Å². The van der Waals surface area contributed by atoms with E-state index in [0.29, 0.717) is 24.4 Å². The van der Waals surface area contributed by atoms with Crippen LogP contribution in [0.3, 0.4) is 0 Å². The van der Waals surface area contributed by atoms with E-state index in [1.54, 1.807) is 11.3 Å². The summed E-state index contributed by atoms with van der Waals surface area (Å²) in [5, 5.41) is 4.30. The third kappa shape index (κ3) is 4.62.